The minimum absolute atomic E-state index is 0.0785. The second-order valence-corrected chi connectivity index (χ2v) is 3.16. The fraction of sp³-hybridized carbons (Fsp3) is 0.400. The minimum atomic E-state index is -1.29. The van der Waals surface area contributed by atoms with Crippen molar-refractivity contribution in [2.24, 2.45) is 5.73 Å². The van der Waals surface area contributed by atoms with Crippen LogP contribution in [-0.4, -0.2) is 0 Å². The van der Waals surface area contributed by atoms with Crippen LogP contribution in [0.4, 0.5) is 8.78 Å². The van der Waals surface area contributed by atoms with Crippen molar-refractivity contribution in [2.75, 3.05) is 0 Å². The van der Waals surface area contributed by atoms with E-state index >= 15 is 0 Å². The normalized spacial score (nSPS) is 15.5. The third kappa shape index (κ3) is 2.04. The van der Waals surface area contributed by atoms with Crippen molar-refractivity contribution >= 4 is 0 Å². The van der Waals surface area contributed by atoms with Gasteiger partial charge < -0.3 is 5.73 Å². The zero-order valence-electron chi connectivity index (χ0n) is 7.72. The molecule has 1 aromatic rings. The Morgan fingerprint density at radius 3 is 2.23 bits per heavy atom. The molecule has 0 aliphatic carbocycles. The monoisotopic (exact) mass is 185 g/mol. The molecule has 0 spiro atoms. The summed E-state index contributed by atoms with van der Waals surface area (Å²) in [7, 11) is 0. The smallest absolute Gasteiger partial charge is 0.134 e. The molecule has 0 bridgehead atoms. The SMILES string of the molecule is CC(F)c1cccc([C@@H](C)N)c1F. The van der Waals surface area contributed by atoms with Crippen molar-refractivity contribution in [1.29, 1.82) is 0 Å². The molecule has 0 heterocycles. The van der Waals surface area contributed by atoms with E-state index in [2.05, 4.69) is 0 Å². The van der Waals surface area contributed by atoms with Crippen LogP contribution in [0.3, 0.4) is 0 Å². The van der Waals surface area contributed by atoms with Gasteiger partial charge in [0.15, 0.2) is 0 Å². The van der Waals surface area contributed by atoms with Gasteiger partial charge in [0, 0.05) is 17.2 Å². The van der Waals surface area contributed by atoms with Crippen LogP contribution in [0.2, 0.25) is 0 Å². The van der Waals surface area contributed by atoms with Gasteiger partial charge in [-0.25, -0.2) is 8.78 Å². The summed E-state index contributed by atoms with van der Waals surface area (Å²) in [5.41, 5.74) is 5.96. The van der Waals surface area contributed by atoms with E-state index in [1.807, 2.05) is 0 Å². The summed E-state index contributed by atoms with van der Waals surface area (Å²) in [5, 5.41) is 0. The first-order valence-electron chi connectivity index (χ1n) is 4.22. The van der Waals surface area contributed by atoms with Gasteiger partial charge in [-0.15, -0.1) is 0 Å². The van der Waals surface area contributed by atoms with E-state index in [0.29, 0.717) is 5.56 Å². The molecular formula is C10H13F2N. The number of alkyl halides is 1. The Morgan fingerprint density at radius 2 is 1.77 bits per heavy atom. The summed E-state index contributed by atoms with van der Waals surface area (Å²) in [6.45, 7) is 2.98. The Morgan fingerprint density at radius 1 is 1.23 bits per heavy atom. The van der Waals surface area contributed by atoms with Crippen molar-refractivity contribution < 1.29 is 8.78 Å². The lowest BCUT2D eigenvalue weighted by molar-refractivity contribution is 0.359. The molecule has 72 valence electrons. The molecule has 1 rings (SSSR count). The molecule has 3 heteroatoms. The van der Waals surface area contributed by atoms with Crippen LogP contribution in [-0.2, 0) is 0 Å². The molecule has 2 N–H and O–H groups in total. The molecule has 0 fully saturated rings. The van der Waals surface area contributed by atoms with E-state index in [1.54, 1.807) is 19.1 Å². The van der Waals surface area contributed by atoms with E-state index < -0.39 is 18.0 Å². The van der Waals surface area contributed by atoms with Crippen molar-refractivity contribution in [2.45, 2.75) is 26.1 Å². The molecule has 0 amide bonds. The third-order valence-electron chi connectivity index (χ3n) is 1.98. The summed E-state index contributed by atoms with van der Waals surface area (Å²) >= 11 is 0. The van der Waals surface area contributed by atoms with Gasteiger partial charge in [-0.1, -0.05) is 18.2 Å². The van der Waals surface area contributed by atoms with E-state index in [0.717, 1.165) is 0 Å². The summed E-state index contributed by atoms with van der Waals surface area (Å²) < 4.78 is 26.3. The van der Waals surface area contributed by atoms with Gasteiger partial charge in [0.2, 0.25) is 0 Å². The Balaban J connectivity index is 3.18. The maximum absolute atomic E-state index is 13.5. The number of halogens is 2. The van der Waals surface area contributed by atoms with E-state index in [1.165, 1.54) is 13.0 Å². The standard InChI is InChI=1S/C10H13F2N/c1-6(11)8-4-3-5-9(7(2)13)10(8)12/h3-7H,13H2,1-2H3/t6?,7-/m1/s1. The van der Waals surface area contributed by atoms with E-state index in [9.17, 15) is 8.78 Å². The summed E-state index contributed by atoms with van der Waals surface area (Å²) in [6.07, 6.45) is -1.29. The van der Waals surface area contributed by atoms with Crippen LogP contribution in [0.1, 0.15) is 37.2 Å². The Hall–Kier alpha value is -0.960. The number of benzene rings is 1. The van der Waals surface area contributed by atoms with Gasteiger partial charge >= 0.3 is 0 Å². The van der Waals surface area contributed by atoms with Gasteiger partial charge in [0.05, 0.1) is 0 Å². The fourth-order valence-corrected chi connectivity index (χ4v) is 1.23. The number of rotatable bonds is 2. The third-order valence-corrected chi connectivity index (χ3v) is 1.98. The summed E-state index contributed by atoms with van der Waals surface area (Å²) in [6, 6.07) is 4.23. The zero-order chi connectivity index (χ0) is 10.0. The van der Waals surface area contributed by atoms with Crippen molar-refractivity contribution in [3.05, 3.63) is 35.1 Å². The minimum Gasteiger partial charge on any atom is -0.324 e. The topological polar surface area (TPSA) is 26.0 Å². The average molecular weight is 185 g/mol. The quantitative estimate of drug-likeness (QED) is 0.753. The van der Waals surface area contributed by atoms with Crippen LogP contribution in [0.5, 0.6) is 0 Å². The van der Waals surface area contributed by atoms with Gasteiger partial charge in [-0.3, -0.25) is 0 Å². The van der Waals surface area contributed by atoms with Crippen LogP contribution in [0.25, 0.3) is 0 Å². The number of hydrogen-bond donors (Lipinski definition) is 1. The Labute approximate surface area is 76.6 Å². The summed E-state index contributed by atoms with van der Waals surface area (Å²) in [5.74, 6) is -0.521. The molecule has 0 radical (unpaired) electrons. The molecular weight excluding hydrogens is 172 g/mol. The van der Waals surface area contributed by atoms with Crippen molar-refractivity contribution in [1.82, 2.24) is 0 Å². The van der Waals surface area contributed by atoms with Crippen LogP contribution < -0.4 is 5.73 Å². The highest BCUT2D eigenvalue weighted by Crippen LogP contribution is 2.24. The van der Waals surface area contributed by atoms with Gasteiger partial charge in [-0.2, -0.15) is 0 Å². The molecule has 0 aliphatic heterocycles. The van der Waals surface area contributed by atoms with Crippen molar-refractivity contribution in [3.63, 3.8) is 0 Å². The van der Waals surface area contributed by atoms with Crippen molar-refractivity contribution in [3.8, 4) is 0 Å². The molecule has 0 saturated heterocycles. The fourth-order valence-electron chi connectivity index (χ4n) is 1.23. The summed E-state index contributed by atoms with van der Waals surface area (Å²) in [4.78, 5) is 0. The van der Waals surface area contributed by atoms with E-state index in [4.69, 9.17) is 5.73 Å². The lowest BCUT2D eigenvalue weighted by Crippen LogP contribution is -2.09. The highest BCUT2D eigenvalue weighted by Gasteiger charge is 2.14. The lowest BCUT2D eigenvalue weighted by atomic mass is 10.0. The number of nitrogens with two attached hydrogens (primary N) is 1. The Kier molecular flexibility index (Phi) is 2.98. The first-order valence-corrected chi connectivity index (χ1v) is 4.22. The predicted octanol–water partition coefficient (Wildman–Crippen LogP) is 2.88. The van der Waals surface area contributed by atoms with Gasteiger partial charge in [-0.05, 0) is 13.8 Å². The molecule has 1 nitrogen and oxygen atoms in total. The number of hydrogen-bond acceptors (Lipinski definition) is 1. The highest BCUT2D eigenvalue weighted by atomic mass is 19.1. The molecule has 13 heavy (non-hydrogen) atoms. The van der Waals surface area contributed by atoms with Gasteiger partial charge in [0.1, 0.15) is 12.0 Å². The molecule has 0 aliphatic rings. The van der Waals surface area contributed by atoms with E-state index in [-0.39, 0.29) is 5.56 Å². The molecule has 0 aromatic heterocycles. The first-order chi connectivity index (χ1) is 6.04. The molecule has 0 saturated carbocycles. The maximum Gasteiger partial charge on any atom is 0.134 e. The highest BCUT2D eigenvalue weighted by molar-refractivity contribution is 5.29. The second-order valence-electron chi connectivity index (χ2n) is 3.16. The maximum atomic E-state index is 13.5. The van der Waals surface area contributed by atoms with Crippen LogP contribution in [0, 0.1) is 5.82 Å². The Bertz CT molecular complexity index is 269. The lowest BCUT2D eigenvalue weighted by Gasteiger charge is -2.11. The second kappa shape index (κ2) is 3.83. The molecule has 1 unspecified atom stereocenters. The predicted molar refractivity (Wildman–Crippen MR) is 48.5 cm³/mol. The molecule has 1 aromatic carbocycles. The largest absolute Gasteiger partial charge is 0.324 e. The molecule has 2 atom stereocenters. The van der Waals surface area contributed by atoms with Crippen LogP contribution in [0.15, 0.2) is 18.2 Å². The first kappa shape index (κ1) is 10.1. The van der Waals surface area contributed by atoms with Crippen LogP contribution >= 0.6 is 0 Å². The average Bonchev–Trinajstić information content (AvgIpc) is 2.03. The van der Waals surface area contributed by atoms with Gasteiger partial charge in [0.25, 0.3) is 0 Å². The zero-order valence-corrected chi connectivity index (χ0v) is 7.72.